The number of hydrogen-bond acceptors (Lipinski definition) is 8. The standard InChI is InChI=1S/C23H38N2O8/c1-16(2)19(26)30-12-9-24-21(28)32-11-8-18(5)14-23(6,7)15-33-22(29)25-10-13-31-20(27)17(3)4/h18H,1,3,8-15H2,2,4-7H3,(H,24,28)(H,25,29). The molecule has 2 N–H and O–H groups in total. The van der Waals surface area contributed by atoms with Gasteiger partial charge in [-0.15, -0.1) is 0 Å². The Morgan fingerprint density at radius 2 is 1.24 bits per heavy atom. The molecule has 188 valence electrons. The Morgan fingerprint density at radius 3 is 1.70 bits per heavy atom. The van der Waals surface area contributed by atoms with Gasteiger partial charge in [0.15, 0.2) is 0 Å². The van der Waals surface area contributed by atoms with Gasteiger partial charge in [-0.25, -0.2) is 19.2 Å². The first-order valence-electron chi connectivity index (χ1n) is 10.8. The predicted molar refractivity (Wildman–Crippen MR) is 122 cm³/mol. The minimum atomic E-state index is -0.587. The van der Waals surface area contributed by atoms with Gasteiger partial charge in [-0.2, -0.15) is 0 Å². The number of esters is 2. The van der Waals surface area contributed by atoms with Crippen LogP contribution in [0.3, 0.4) is 0 Å². The van der Waals surface area contributed by atoms with E-state index in [1.807, 2.05) is 20.8 Å². The second-order valence-electron chi connectivity index (χ2n) is 8.66. The Kier molecular flexibility index (Phi) is 14.3. The summed E-state index contributed by atoms with van der Waals surface area (Å²) in [6.07, 6.45) is 0.220. The molecule has 0 saturated carbocycles. The summed E-state index contributed by atoms with van der Waals surface area (Å²) in [6, 6.07) is 0. The second-order valence-corrected chi connectivity index (χ2v) is 8.66. The summed E-state index contributed by atoms with van der Waals surface area (Å²) in [5, 5.41) is 5.02. The minimum absolute atomic E-state index is 0.0362. The molecule has 0 heterocycles. The van der Waals surface area contributed by atoms with Gasteiger partial charge in [0, 0.05) is 11.1 Å². The third kappa shape index (κ3) is 16.3. The Labute approximate surface area is 196 Å². The van der Waals surface area contributed by atoms with E-state index in [4.69, 9.17) is 18.9 Å². The Bertz CT molecular complexity index is 703. The molecule has 0 rings (SSSR count). The van der Waals surface area contributed by atoms with Crippen molar-refractivity contribution in [2.24, 2.45) is 11.3 Å². The molecule has 1 unspecified atom stereocenters. The van der Waals surface area contributed by atoms with Crippen molar-refractivity contribution in [1.82, 2.24) is 10.6 Å². The van der Waals surface area contributed by atoms with Crippen LogP contribution in [0.1, 0.15) is 47.5 Å². The van der Waals surface area contributed by atoms with Crippen LogP contribution in [0.2, 0.25) is 0 Å². The fourth-order valence-electron chi connectivity index (χ4n) is 2.66. The largest absolute Gasteiger partial charge is 0.460 e. The summed E-state index contributed by atoms with van der Waals surface area (Å²) in [5.41, 5.74) is 0.307. The maximum atomic E-state index is 11.8. The van der Waals surface area contributed by atoms with Crippen molar-refractivity contribution in [2.45, 2.75) is 47.5 Å². The zero-order valence-electron chi connectivity index (χ0n) is 20.4. The van der Waals surface area contributed by atoms with E-state index in [-0.39, 0.29) is 50.8 Å². The monoisotopic (exact) mass is 470 g/mol. The van der Waals surface area contributed by atoms with Gasteiger partial charge in [0.2, 0.25) is 0 Å². The van der Waals surface area contributed by atoms with E-state index in [0.717, 1.165) is 6.42 Å². The van der Waals surface area contributed by atoms with Crippen LogP contribution in [0.5, 0.6) is 0 Å². The number of rotatable bonds is 15. The first-order valence-corrected chi connectivity index (χ1v) is 10.8. The van der Waals surface area contributed by atoms with Gasteiger partial charge in [-0.1, -0.05) is 33.9 Å². The molecule has 10 heteroatoms. The summed E-state index contributed by atoms with van der Waals surface area (Å²) in [4.78, 5) is 45.9. The summed E-state index contributed by atoms with van der Waals surface area (Å²) in [6.45, 7) is 16.8. The first-order chi connectivity index (χ1) is 15.3. The van der Waals surface area contributed by atoms with Crippen molar-refractivity contribution in [2.75, 3.05) is 39.5 Å². The van der Waals surface area contributed by atoms with Crippen LogP contribution in [0.25, 0.3) is 0 Å². The molecule has 0 fully saturated rings. The number of alkyl carbamates (subject to hydrolysis) is 2. The van der Waals surface area contributed by atoms with Crippen molar-refractivity contribution in [3.63, 3.8) is 0 Å². The zero-order valence-corrected chi connectivity index (χ0v) is 20.4. The van der Waals surface area contributed by atoms with Gasteiger partial charge in [0.05, 0.1) is 26.3 Å². The molecule has 0 aliphatic heterocycles. The molecule has 1 atom stereocenters. The van der Waals surface area contributed by atoms with Crippen LogP contribution < -0.4 is 10.6 Å². The molecule has 10 nitrogen and oxygen atoms in total. The molecule has 0 saturated heterocycles. The molecule has 0 radical (unpaired) electrons. The van der Waals surface area contributed by atoms with Gasteiger partial charge in [-0.3, -0.25) is 0 Å². The Hall–Kier alpha value is -3.04. The average Bonchev–Trinajstić information content (AvgIpc) is 2.71. The lowest BCUT2D eigenvalue weighted by Gasteiger charge is -2.27. The number of hydrogen-bond donors (Lipinski definition) is 2. The maximum absolute atomic E-state index is 11.8. The van der Waals surface area contributed by atoms with Crippen molar-refractivity contribution in [3.8, 4) is 0 Å². The van der Waals surface area contributed by atoms with E-state index in [9.17, 15) is 19.2 Å². The summed E-state index contributed by atoms with van der Waals surface area (Å²) < 4.78 is 20.1. The summed E-state index contributed by atoms with van der Waals surface area (Å²) >= 11 is 0. The first kappa shape index (κ1) is 30.0. The quantitative estimate of drug-likeness (QED) is 0.162. The second kappa shape index (κ2) is 15.7. The Morgan fingerprint density at radius 1 is 0.788 bits per heavy atom. The number of ether oxygens (including phenoxy) is 4. The molecule has 2 amide bonds. The lowest BCUT2D eigenvalue weighted by atomic mass is 9.83. The third-order valence-corrected chi connectivity index (χ3v) is 4.24. The highest BCUT2D eigenvalue weighted by molar-refractivity contribution is 5.87. The highest BCUT2D eigenvalue weighted by Crippen LogP contribution is 2.27. The highest BCUT2D eigenvalue weighted by Gasteiger charge is 2.23. The van der Waals surface area contributed by atoms with Gasteiger partial charge < -0.3 is 29.6 Å². The lowest BCUT2D eigenvalue weighted by molar-refractivity contribution is -0.139. The molecule has 0 aromatic rings. The van der Waals surface area contributed by atoms with Gasteiger partial charge in [-0.05, 0) is 38.0 Å². The van der Waals surface area contributed by atoms with Gasteiger partial charge >= 0.3 is 24.1 Å². The van der Waals surface area contributed by atoms with E-state index in [1.165, 1.54) is 0 Å². The van der Waals surface area contributed by atoms with Crippen LogP contribution in [0.4, 0.5) is 9.59 Å². The molecule has 0 aromatic heterocycles. The van der Waals surface area contributed by atoms with Crippen LogP contribution in [-0.4, -0.2) is 63.6 Å². The molecule has 33 heavy (non-hydrogen) atoms. The van der Waals surface area contributed by atoms with E-state index in [1.54, 1.807) is 13.8 Å². The van der Waals surface area contributed by atoms with Crippen molar-refractivity contribution >= 4 is 24.1 Å². The van der Waals surface area contributed by atoms with Gasteiger partial charge in [0.1, 0.15) is 13.2 Å². The normalized spacial score (nSPS) is 11.5. The Balaban J connectivity index is 3.96. The van der Waals surface area contributed by atoms with Crippen LogP contribution in [-0.2, 0) is 28.5 Å². The minimum Gasteiger partial charge on any atom is -0.460 e. The molecule has 0 bridgehead atoms. The fourth-order valence-corrected chi connectivity index (χ4v) is 2.66. The van der Waals surface area contributed by atoms with Crippen LogP contribution in [0, 0.1) is 11.3 Å². The smallest absolute Gasteiger partial charge is 0.407 e. The van der Waals surface area contributed by atoms with Gasteiger partial charge in [0.25, 0.3) is 0 Å². The molecular weight excluding hydrogens is 432 g/mol. The molecule has 0 aliphatic carbocycles. The van der Waals surface area contributed by atoms with Crippen LogP contribution in [0.15, 0.2) is 24.3 Å². The van der Waals surface area contributed by atoms with E-state index < -0.39 is 24.1 Å². The van der Waals surface area contributed by atoms with Crippen molar-refractivity contribution < 1.29 is 38.1 Å². The molecule has 0 aromatic carbocycles. The van der Waals surface area contributed by atoms with E-state index >= 15 is 0 Å². The number of amides is 2. The molecule has 0 aliphatic rings. The average molecular weight is 471 g/mol. The zero-order chi connectivity index (χ0) is 25.4. The lowest BCUT2D eigenvalue weighted by Crippen LogP contribution is -2.32. The number of carbonyl (C=O) groups is 4. The molecule has 0 spiro atoms. The number of carbonyl (C=O) groups excluding carboxylic acids is 4. The molecular formula is C23H38N2O8. The summed E-state index contributed by atoms with van der Waals surface area (Å²) in [5.74, 6) is -0.796. The van der Waals surface area contributed by atoms with Crippen molar-refractivity contribution in [1.29, 1.82) is 0 Å². The highest BCUT2D eigenvalue weighted by atomic mass is 16.6. The topological polar surface area (TPSA) is 129 Å². The van der Waals surface area contributed by atoms with E-state index in [2.05, 4.69) is 23.8 Å². The number of nitrogens with one attached hydrogen (secondary N) is 2. The maximum Gasteiger partial charge on any atom is 0.407 e. The predicted octanol–water partition coefficient (Wildman–Crippen LogP) is 3.12. The van der Waals surface area contributed by atoms with E-state index in [0.29, 0.717) is 17.6 Å². The van der Waals surface area contributed by atoms with Crippen LogP contribution >= 0.6 is 0 Å². The van der Waals surface area contributed by atoms with Crippen molar-refractivity contribution in [3.05, 3.63) is 24.3 Å². The summed E-state index contributed by atoms with van der Waals surface area (Å²) in [7, 11) is 0. The third-order valence-electron chi connectivity index (χ3n) is 4.24. The fraction of sp³-hybridized carbons (Fsp3) is 0.652. The SMILES string of the molecule is C=C(C)C(=O)OCCNC(=O)OCCC(C)CC(C)(C)COC(=O)NCCOC(=O)C(=C)C.